The van der Waals surface area contributed by atoms with E-state index >= 15 is 0 Å². The Labute approximate surface area is 124 Å². The van der Waals surface area contributed by atoms with Crippen LogP contribution in [0.15, 0.2) is 41.0 Å². The van der Waals surface area contributed by atoms with Crippen LogP contribution in [0.1, 0.15) is 33.2 Å². The number of aromatic nitrogens is 1. The third-order valence-electron chi connectivity index (χ3n) is 3.31. The summed E-state index contributed by atoms with van der Waals surface area (Å²) in [7, 11) is 0. The molecule has 1 aromatic carbocycles. The molecule has 1 aliphatic heterocycles. The smallest absolute Gasteiger partial charge is 0.267 e. The molecule has 0 N–H and O–H groups in total. The summed E-state index contributed by atoms with van der Waals surface area (Å²) in [5.74, 6) is -0.218. The number of halogens is 1. The average molecular weight is 331 g/mol. The molecule has 2 aromatic rings. The summed E-state index contributed by atoms with van der Waals surface area (Å²) in [5.41, 5.74) is 1.73. The van der Waals surface area contributed by atoms with Crippen molar-refractivity contribution in [2.75, 3.05) is 4.90 Å². The summed E-state index contributed by atoms with van der Waals surface area (Å²) in [6, 6.07) is 10.5. The molecule has 4 nitrogen and oxygen atoms in total. The predicted octanol–water partition coefficient (Wildman–Crippen LogP) is 3.21. The molecule has 2 heterocycles. The number of pyridine rings is 1. The molecule has 0 radical (unpaired) electrons. The molecular weight excluding hydrogens is 320 g/mol. The van der Waals surface area contributed by atoms with Gasteiger partial charge in [-0.15, -0.1) is 0 Å². The van der Waals surface area contributed by atoms with Gasteiger partial charge in [-0.3, -0.25) is 9.59 Å². The zero-order chi connectivity index (χ0) is 14.3. The normalized spacial score (nSPS) is 13.8. The van der Waals surface area contributed by atoms with E-state index in [9.17, 15) is 9.59 Å². The molecule has 5 heteroatoms. The van der Waals surface area contributed by atoms with Gasteiger partial charge in [0.2, 0.25) is 0 Å². The molecule has 0 bridgehead atoms. The van der Waals surface area contributed by atoms with Gasteiger partial charge >= 0.3 is 0 Å². The Morgan fingerprint density at radius 1 is 1.05 bits per heavy atom. The number of hydrogen-bond donors (Lipinski definition) is 0. The maximum absolute atomic E-state index is 12.4. The number of nitrogens with zero attached hydrogens (tertiary/aromatic N) is 2. The van der Waals surface area contributed by atoms with E-state index in [0.717, 1.165) is 10.5 Å². The Bertz CT molecular complexity index is 693. The first-order chi connectivity index (χ1) is 9.63. The fourth-order valence-corrected chi connectivity index (χ4v) is 2.61. The van der Waals surface area contributed by atoms with Gasteiger partial charge in [-0.05, 0) is 46.1 Å². The van der Waals surface area contributed by atoms with E-state index in [4.69, 9.17) is 0 Å². The van der Waals surface area contributed by atoms with Crippen molar-refractivity contribution in [3.63, 3.8) is 0 Å². The van der Waals surface area contributed by atoms with Crippen LogP contribution in [-0.4, -0.2) is 16.8 Å². The standard InChI is InChI=1S/C15H11BrN2O2/c1-2-9-7-8-12(16)17-13(9)18-14(19)10-5-3-4-6-11(10)15(18)20/h3-8H,2H2,1H3. The van der Waals surface area contributed by atoms with E-state index in [1.54, 1.807) is 30.3 Å². The van der Waals surface area contributed by atoms with Crippen molar-refractivity contribution in [1.82, 2.24) is 4.98 Å². The fourth-order valence-electron chi connectivity index (χ4n) is 2.31. The van der Waals surface area contributed by atoms with Crippen LogP contribution < -0.4 is 4.90 Å². The highest BCUT2D eigenvalue weighted by Gasteiger charge is 2.38. The van der Waals surface area contributed by atoms with Crippen molar-refractivity contribution in [2.45, 2.75) is 13.3 Å². The number of carbonyl (C=O) groups is 2. The fraction of sp³-hybridized carbons (Fsp3) is 0.133. The van der Waals surface area contributed by atoms with E-state index in [2.05, 4.69) is 20.9 Å². The highest BCUT2D eigenvalue weighted by atomic mass is 79.9. The van der Waals surface area contributed by atoms with Crippen molar-refractivity contribution in [2.24, 2.45) is 0 Å². The molecule has 100 valence electrons. The lowest BCUT2D eigenvalue weighted by Gasteiger charge is -2.16. The van der Waals surface area contributed by atoms with Crippen LogP contribution in [0.25, 0.3) is 0 Å². The number of aryl methyl sites for hydroxylation is 1. The number of rotatable bonds is 2. The average Bonchev–Trinajstić information content (AvgIpc) is 2.71. The Balaban J connectivity index is 2.16. The van der Waals surface area contributed by atoms with Gasteiger partial charge in [0.25, 0.3) is 11.8 Å². The zero-order valence-electron chi connectivity index (χ0n) is 10.8. The third kappa shape index (κ3) is 1.86. The van der Waals surface area contributed by atoms with Gasteiger partial charge in [0.15, 0.2) is 0 Å². The highest BCUT2D eigenvalue weighted by Crippen LogP contribution is 2.30. The maximum Gasteiger partial charge on any atom is 0.267 e. The van der Waals surface area contributed by atoms with Crippen molar-refractivity contribution in [3.05, 3.63) is 57.7 Å². The van der Waals surface area contributed by atoms with E-state index in [1.165, 1.54) is 0 Å². The lowest BCUT2D eigenvalue weighted by Crippen LogP contribution is -2.31. The van der Waals surface area contributed by atoms with Crippen molar-refractivity contribution < 1.29 is 9.59 Å². The molecular formula is C15H11BrN2O2. The summed E-state index contributed by atoms with van der Waals surface area (Å²) in [6.07, 6.45) is 0.697. The van der Waals surface area contributed by atoms with Gasteiger partial charge in [-0.1, -0.05) is 25.1 Å². The summed E-state index contributed by atoms with van der Waals surface area (Å²) in [5, 5.41) is 0. The molecule has 0 spiro atoms. The second-order valence-corrected chi connectivity index (χ2v) is 5.27. The number of carbonyl (C=O) groups excluding carboxylic acids is 2. The topological polar surface area (TPSA) is 50.3 Å². The van der Waals surface area contributed by atoms with Crippen LogP contribution in [0.3, 0.4) is 0 Å². The Kier molecular flexibility index (Phi) is 3.14. The maximum atomic E-state index is 12.4. The van der Waals surface area contributed by atoms with Crippen molar-refractivity contribution >= 4 is 33.6 Å². The zero-order valence-corrected chi connectivity index (χ0v) is 12.3. The largest absolute Gasteiger partial charge is 0.268 e. The third-order valence-corrected chi connectivity index (χ3v) is 3.75. The molecule has 0 aliphatic carbocycles. The van der Waals surface area contributed by atoms with Crippen LogP contribution in [0, 0.1) is 0 Å². The summed E-state index contributed by atoms with van der Waals surface area (Å²) < 4.78 is 0.598. The number of anilines is 1. The number of benzene rings is 1. The minimum absolute atomic E-state index is 0.314. The first-order valence-electron chi connectivity index (χ1n) is 6.26. The van der Waals surface area contributed by atoms with Gasteiger partial charge in [-0.25, -0.2) is 9.88 Å². The number of amides is 2. The molecule has 0 fully saturated rings. The van der Waals surface area contributed by atoms with Crippen LogP contribution in [0.2, 0.25) is 0 Å². The minimum Gasteiger partial charge on any atom is -0.268 e. The van der Waals surface area contributed by atoms with Gasteiger partial charge in [0.1, 0.15) is 10.4 Å². The second kappa shape index (κ2) is 4.83. The summed E-state index contributed by atoms with van der Waals surface area (Å²) >= 11 is 3.29. The lowest BCUT2D eigenvalue weighted by atomic mass is 10.1. The molecule has 2 amide bonds. The lowest BCUT2D eigenvalue weighted by molar-refractivity contribution is 0.0924. The first kappa shape index (κ1) is 13.0. The number of fused-ring (bicyclic) bond motifs is 1. The van der Waals surface area contributed by atoms with Gasteiger partial charge < -0.3 is 0 Å². The van der Waals surface area contributed by atoms with E-state index in [-0.39, 0.29) is 11.8 Å². The monoisotopic (exact) mass is 330 g/mol. The van der Waals surface area contributed by atoms with Crippen LogP contribution in [0.5, 0.6) is 0 Å². The van der Waals surface area contributed by atoms with Crippen molar-refractivity contribution in [1.29, 1.82) is 0 Å². The predicted molar refractivity (Wildman–Crippen MR) is 78.9 cm³/mol. The van der Waals surface area contributed by atoms with E-state index < -0.39 is 0 Å². The highest BCUT2D eigenvalue weighted by molar-refractivity contribution is 9.10. The Morgan fingerprint density at radius 2 is 1.65 bits per heavy atom. The molecule has 0 saturated carbocycles. The summed E-state index contributed by atoms with van der Waals surface area (Å²) in [4.78, 5) is 30.3. The van der Waals surface area contributed by atoms with Crippen LogP contribution >= 0.6 is 15.9 Å². The van der Waals surface area contributed by atoms with Crippen molar-refractivity contribution in [3.8, 4) is 0 Å². The summed E-state index contributed by atoms with van der Waals surface area (Å²) in [6.45, 7) is 1.96. The molecule has 1 aromatic heterocycles. The first-order valence-corrected chi connectivity index (χ1v) is 7.06. The molecule has 3 rings (SSSR count). The van der Waals surface area contributed by atoms with Gasteiger partial charge in [0.05, 0.1) is 11.1 Å². The van der Waals surface area contributed by atoms with E-state index in [0.29, 0.717) is 28.0 Å². The van der Waals surface area contributed by atoms with E-state index in [1.807, 2.05) is 13.0 Å². The molecule has 0 atom stereocenters. The molecule has 20 heavy (non-hydrogen) atoms. The van der Waals surface area contributed by atoms with Crippen LogP contribution in [-0.2, 0) is 6.42 Å². The van der Waals surface area contributed by atoms with Crippen LogP contribution in [0.4, 0.5) is 5.82 Å². The molecule has 0 saturated heterocycles. The SMILES string of the molecule is CCc1ccc(Br)nc1N1C(=O)c2ccccc2C1=O. The van der Waals surface area contributed by atoms with Gasteiger partial charge in [-0.2, -0.15) is 0 Å². The molecule has 0 unspecified atom stereocenters. The minimum atomic E-state index is -0.314. The Morgan fingerprint density at radius 3 is 2.20 bits per heavy atom. The molecule has 1 aliphatic rings. The second-order valence-electron chi connectivity index (χ2n) is 4.46. The van der Waals surface area contributed by atoms with Gasteiger partial charge in [0, 0.05) is 0 Å². The number of hydrogen-bond acceptors (Lipinski definition) is 3. The number of imide groups is 1. The quantitative estimate of drug-likeness (QED) is 0.627. The Hall–Kier alpha value is -2.01.